The van der Waals surface area contributed by atoms with Crippen molar-refractivity contribution >= 4 is 34.8 Å². The standard InChI is InChI=1S/C18H19ClN2O3/c1-11-4-5-14(9-17(11)20-13(3)22)21-18(23)10-24-15-6-7-16(19)12(2)8-15/h4-9H,10H2,1-3H3,(H,20,22)(H,21,23). The van der Waals surface area contributed by atoms with Gasteiger partial charge in [0, 0.05) is 23.3 Å². The molecule has 0 atom stereocenters. The van der Waals surface area contributed by atoms with E-state index in [1.807, 2.05) is 19.9 Å². The summed E-state index contributed by atoms with van der Waals surface area (Å²) in [6, 6.07) is 10.5. The van der Waals surface area contributed by atoms with Gasteiger partial charge in [-0.15, -0.1) is 0 Å². The van der Waals surface area contributed by atoms with E-state index in [0.717, 1.165) is 11.1 Å². The molecule has 0 heterocycles. The molecule has 0 saturated heterocycles. The SMILES string of the molecule is CC(=O)Nc1cc(NC(=O)COc2ccc(Cl)c(C)c2)ccc1C. The van der Waals surface area contributed by atoms with Crippen LogP contribution in [-0.2, 0) is 9.59 Å². The van der Waals surface area contributed by atoms with Gasteiger partial charge in [0.2, 0.25) is 5.91 Å². The Morgan fingerprint density at radius 3 is 2.46 bits per heavy atom. The molecule has 2 rings (SSSR count). The summed E-state index contributed by atoms with van der Waals surface area (Å²) in [5.41, 5.74) is 3.05. The number of anilines is 2. The summed E-state index contributed by atoms with van der Waals surface area (Å²) >= 11 is 5.95. The zero-order chi connectivity index (χ0) is 17.7. The number of amides is 2. The highest BCUT2D eigenvalue weighted by Gasteiger charge is 2.07. The fourth-order valence-corrected chi connectivity index (χ4v) is 2.19. The number of carbonyl (C=O) groups excluding carboxylic acids is 2. The summed E-state index contributed by atoms with van der Waals surface area (Å²) in [4.78, 5) is 23.2. The smallest absolute Gasteiger partial charge is 0.262 e. The molecule has 24 heavy (non-hydrogen) atoms. The molecule has 0 bridgehead atoms. The van der Waals surface area contributed by atoms with E-state index in [4.69, 9.17) is 16.3 Å². The molecule has 2 aromatic carbocycles. The number of halogens is 1. The summed E-state index contributed by atoms with van der Waals surface area (Å²) in [6.45, 7) is 5.06. The van der Waals surface area contributed by atoms with Gasteiger partial charge >= 0.3 is 0 Å². The van der Waals surface area contributed by atoms with Gasteiger partial charge in [0.25, 0.3) is 5.91 Å². The third kappa shape index (κ3) is 4.99. The summed E-state index contributed by atoms with van der Waals surface area (Å²) in [6.07, 6.45) is 0. The van der Waals surface area contributed by atoms with Crippen LogP contribution in [-0.4, -0.2) is 18.4 Å². The van der Waals surface area contributed by atoms with Gasteiger partial charge in [-0.2, -0.15) is 0 Å². The van der Waals surface area contributed by atoms with Gasteiger partial charge in [0.05, 0.1) is 0 Å². The fourth-order valence-electron chi connectivity index (χ4n) is 2.08. The zero-order valence-corrected chi connectivity index (χ0v) is 14.5. The molecule has 2 N–H and O–H groups in total. The van der Waals surface area contributed by atoms with Crippen LogP contribution in [0.1, 0.15) is 18.1 Å². The van der Waals surface area contributed by atoms with Gasteiger partial charge < -0.3 is 15.4 Å². The Morgan fingerprint density at radius 2 is 1.79 bits per heavy atom. The maximum atomic E-state index is 12.0. The van der Waals surface area contributed by atoms with Gasteiger partial charge in [0.15, 0.2) is 6.61 Å². The third-order valence-electron chi connectivity index (χ3n) is 3.33. The molecule has 5 nitrogen and oxygen atoms in total. The first-order valence-electron chi connectivity index (χ1n) is 7.42. The van der Waals surface area contributed by atoms with Crippen LogP contribution in [0.2, 0.25) is 5.02 Å². The van der Waals surface area contributed by atoms with Gasteiger partial charge in [0.1, 0.15) is 5.75 Å². The molecule has 0 fully saturated rings. The molecule has 2 aromatic rings. The lowest BCUT2D eigenvalue weighted by molar-refractivity contribution is -0.118. The number of rotatable bonds is 5. The quantitative estimate of drug-likeness (QED) is 0.861. The average molecular weight is 347 g/mol. The van der Waals surface area contributed by atoms with Crippen LogP contribution in [0, 0.1) is 13.8 Å². The minimum absolute atomic E-state index is 0.121. The minimum atomic E-state index is -0.291. The first-order chi connectivity index (χ1) is 11.3. The van der Waals surface area contributed by atoms with Crippen LogP contribution < -0.4 is 15.4 Å². The van der Waals surface area contributed by atoms with E-state index in [2.05, 4.69) is 10.6 Å². The Kier molecular flexibility index (Phi) is 5.82. The van der Waals surface area contributed by atoms with E-state index >= 15 is 0 Å². The molecule has 0 radical (unpaired) electrons. The Hall–Kier alpha value is -2.53. The monoisotopic (exact) mass is 346 g/mol. The molecular formula is C18H19ClN2O3. The summed E-state index contributed by atoms with van der Waals surface area (Å²) in [5.74, 6) is 0.123. The minimum Gasteiger partial charge on any atom is -0.484 e. The summed E-state index contributed by atoms with van der Waals surface area (Å²) in [7, 11) is 0. The highest BCUT2D eigenvalue weighted by Crippen LogP contribution is 2.22. The van der Waals surface area contributed by atoms with E-state index in [1.165, 1.54) is 6.92 Å². The summed E-state index contributed by atoms with van der Waals surface area (Å²) in [5, 5.41) is 6.11. The molecule has 2 amide bonds. The van der Waals surface area contributed by atoms with E-state index in [0.29, 0.717) is 22.1 Å². The predicted octanol–water partition coefficient (Wildman–Crippen LogP) is 3.93. The van der Waals surface area contributed by atoms with Gasteiger partial charge in [-0.05, 0) is 55.3 Å². The second-order valence-electron chi connectivity index (χ2n) is 5.46. The number of carbonyl (C=O) groups is 2. The molecule has 0 spiro atoms. The van der Waals surface area contributed by atoms with Crippen molar-refractivity contribution in [2.45, 2.75) is 20.8 Å². The molecule has 0 unspecified atom stereocenters. The van der Waals surface area contributed by atoms with Gasteiger partial charge in [-0.1, -0.05) is 17.7 Å². The van der Waals surface area contributed by atoms with Crippen LogP contribution in [0.5, 0.6) is 5.75 Å². The fraction of sp³-hybridized carbons (Fsp3) is 0.222. The van der Waals surface area contributed by atoms with Crippen LogP contribution in [0.3, 0.4) is 0 Å². The van der Waals surface area contributed by atoms with Crippen molar-refractivity contribution in [3.63, 3.8) is 0 Å². The largest absolute Gasteiger partial charge is 0.484 e. The molecule has 0 saturated carbocycles. The highest BCUT2D eigenvalue weighted by atomic mass is 35.5. The van der Waals surface area contributed by atoms with Crippen LogP contribution in [0.25, 0.3) is 0 Å². The highest BCUT2D eigenvalue weighted by molar-refractivity contribution is 6.31. The van der Waals surface area contributed by atoms with Crippen molar-refractivity contribution in [3.05, 3.63) is 52.5 Å². The van der Waals surface area contributed by atoms with Gasteiger partial charge in [-0.25, -0.2) is 0 Å². The molecular weight excluding hydrogens is 328 g/mol. The molecule has 126 valence electrons. The maximum absolute atomic E-state index is 12.0. The molecule has 0 aromatic heterocycles. The van der Waals surface area contributed by atoms with Crippen LogP contribution in [0.4, 0.5) is 11.4 Å². The number of aryl methyl sites for hydroxylation is 2. The lowest BCUT2D eigenvalue weighted by atomic mass is 10.1. The first-order valence-corrected chi connectivity index (χ1v) is 7.80. The maximum Gasteiger partial charge on any atom is 0.262 e. The van der Waals surface area contributed by atoms with E-state index in [1.54, 1.807) is 30.3 Å². The summed E-state index contributed by atoms with van der Waals surface area (Å²) < 4.78 is 5.45. The molecule has 0 aliphatic heterocycles. The number of benzene rings is 2. The zero-order valence-electron chi connectivity index (χ0n) is 13.8. The van der Waals surface area contributed by atoms with E-state index in [9.17, 15) is 9.59 Å². The lowest BCUT2D eigenvalue weighted by Gasteiger charge is -2.11. The number of ether oxygens (including phenoxy) is 1. The van der Waals surface area contributed by atoms with E-state index < -0.39 is 0 Å². The molecule has 0 aliphatic carbocycles. The van der Waals surface area contributed by atoms with E-state index in [-0.39, 0.29) is 18.4 Å². The van der Waals surface area contributed by atoms with Crippen molar-refractivity contribution in [3.8, 4) is 5.75 Å². The number of hydrogen-bond acceptors (Lipinski definition) is 3. The Balaban J connectivity index is 1.96. The van der Waals surface area contributed by atoms with Crippen molar-refractivity contribution < 1.29 is 14.3 Å². The van der Waals surface area contributed by atoms with Crippen molar-refractivity contribution in [2.24, 2.45) is 0 Å². The second kappa shape index (κ2) is 7.84. The first kappa shape index (κ1) is 17.8. The van der Waals surface area contributed by atoms with Crippen molar-refractivity contribution in [1.82, 2.24) is 0 Å². The second-order valence-corrected chi connectivity index (χ2v) is 5.87. The average Bonchev–Trinajstić information content (AvgIpc) is 2.51. The number of hydrogen-bond donors (Lipinski definition) is 2. The Morgan fingerprint density at radius 1 is 1.04 bits per heavy atom. The van der Waals surface area contributed by atoms with Gasteiger partial charge in [-0.3, -0.25) is 9.59 Å². The Bertz CT molecular complexity index is 775. The predicted molar refractivity (Wildman–Crippen MR) is 95.8 cm³/mol. The Labute approximate surface area is 146 Å². The van der Waals surface area contributed by atoms with Crippen molar-refractivity contribution in [2.75, 3.05) is 17.2 Å². The van der Waals surface area contributed by atoms with Crippen molar-refractivity contribution in [1.29, 1.82) is 0 Å². The van der Waals surface area contributed by atoms with Crippen LogP contribution in [0.15, 0.2) is 36.4 Å². The normalized spacial score (nSPS) is 10.2. The van der Waals surface area contributed by atoms with Crippen LogP contribution >= 0.6 is 11.6 Å². The molecule has 0 aliphatic rings. The third-order valence-corrected chi connectivity index (χ3v) is 3.76. The number of nitrogens with one attached hydrogen (secondary N) is 2. The lowest BCUT2D eigenvalue weighted by Crippen LogP contribution is -2.20. The molecule has 6 heteroatoms. The topological polar surface area (TPSA) is 67.4 Å².